The zero-order valence-corrected chi connectivity index (χ0v) is 11.2. The Morgan fingerprint density at radius 3 is 2.72 bits per heavy atom. The zero-order valence-electron chi connectivity index (χ0n) is 11.2. The number of methoxy groups -OCH3 is 1. The maximum absolute atomic E-state index is 9.56. The molecule has 0 aliphatic rings. The fraction of sp³-hybridized carbons (Fsp3) is 0.667. The molecule has 0 radical (unpaired) electrons. The van der Waals surface area contributed by atoms with Crippen molar-refractivity contribution in [3.63, 3.8) is 0 Å². The van der Waals surface area contributed by atoms with Crippen LogP contribution in [-0.2, 0) is 11.2 Å². The van der Waals surface area contributed by atoms with Gasteiger partial charge in [0.05, 0.1) is 12.7 Å². The molecule has 1 heterocycles. The third-order valence-corrected chi connectivity index (χ3v) is 2.38. The average molecular weight is 254 g/mol. The van der Waals surface area contributed by atoms with E-state index in [9.17, 15) is 5.11 Å². The number of aromatic nitrogens is 2. The highest BCUT2D eigenvalue weighted by molar-refractivity contribution is 5.47. The number of aliphatic hydroxyl groups excluding tert-OH is 1. The smallest absolute Gasteiger partial charge is 0.133 e. The molecule has 1 aromatic heterocycles. The Morgan fingerprint density at radius 1 is 1.39 bits per heavy atom. The molecular formula is C12H22N4O2. The number of anilines is 2. The molecule has 1 unspecified atom stereocenters. The summed E-state index contributed by atoms with van der Waals surface area (Å²) in [5.74, 6) is 2.29. The summed E-state index contributed by atoms with van der Waals surface area (Å²) in [7, 11) is 3.38. The number of hydrogen-bond acceptors (Lipinski definition) is 6. The Bertz CT molecular complexity index is 360. The highest BCUT2D eigenvalue weighted by atomic mass is 16.5. The van der Waals surface area contributed by atoms with E-state index < -0.39 is 6.10 Å². The highest BCUT2D eigenvalue weighted by Crippen LogP contribution is 2.11. The van der Waals surface area contributed by atoms with Crippen molar-refractivity contribution < 1.29 is 9.84 Å². The molecule has 0 fully saturated rings. The van der Waals surface area contributed by atoms with Crippen LogP contribution in [0.4, 0.5) is 11.6 Å². The van der Waals surface area contributed by atoms with Crippen LogP contribution in [-0.4, -0.2) is 48.5 Å². The van der Waals surface area contributed by atoms with Crippen LogP contribution in [0.1, 0.15) is 19.2 Å². The molecule has 6 heteroatoms. The lowest BCUT2D eigenvalue weighted by Crippen LogP contribution is -2.24. The van der Waals surface area contributed by atoms with Gasteiger partial charge >= 0.3 is 0 Å². The second kappa shape index (κ2) is 7.84. The molecule has 0 aliphatic carbocycles. The van der Waals surface area contributed by atoms with E-state index in [1.165, 1.54) is 0 Å². The number of nitrogens with zero attached hydrogens (tertiary/aromatic N) is 2. The fourth-order valence-corrected chi connectivity index (χ4v) is 1.52. The molecule has 3 N–H and O–H groups in total. The topological polar surface area (TPSA) is 79.3 Å². The number of hydrogen-bond donors (Lipinski definition) is 3. The zero-order chi connectivity index (χ0) is 13.4. The summed E-state index contributed by atoms with van der Waals surface area (Å²) in [4.78, 5) is 8.74. The Labute approximate surface area is 108 Å². The third-order valence-electron chi connectivity index (χ3n) is 2.38. The van der Waals surface area contributed by atoms with Gasteiger partial charge < -0.3 is 20.5 Å². The molecule has 18 heavy (non-hydrogen) atoms. The first-order chi connectivity index (χ1) is 8.69. The van der Waals surface area contributed by atoms with Crippen molar-refractivity contribution in [3.05, 3.63) is 11.9 Å². The van der Waals surface area contributed by atoms with Crippen molar-refractivity contribution >= 4 is 11.6 Å². The summed E-state index contributed by atoms with van der Waals surface area (Å²) in [6.07, 6.45) is 1.29. The van der Waals surface area contributed by atoms with E-state index in [-0.39, 0.29) is 0 Å². The van der Waals surface area contributed by atoms with E-state index in [1.54, 1.807) is 7.11 Å². The minimum Gasteiger partial charge on any atom is -0.389 e. The van der Waals surface area contributed by atoms with E-state index in [1.807, 2.05) is 13.1 Å². The first-order valence-corrected chi connectivity index (χ1v) is 6.16. The summed E-state index contributed by atoms with van der Waals surface area (Å²) in [5.41, 5.74) is 0. The minimum atomic E-state index is -0.544. The quantitative estimate of drug-likeness (QED) is 0.639. The van der Waals surface area contributed by atoms with Gasteiger partial charge in [0.15, 0.2) is 0 Å². The Balaban J connectivity index is 2.65. The molecule has 0 saturated heterocycles. The molecule has 0 spiro atoms. The molecule has 1 atom stereocenters. The maximum atomic E-state index is 9.56. The van der Waals surface area contributed by atoms with Crippen LogP contribution >= 0.6 is 0 Å². The predicted molar refractivity (Wildman–Crippen MR) is 71.9 cm³/mol. The van der Waals surface area contributed by atoms with Crippen LogP contribution in [0.15, 0.2) is 6.07 Å². The van der Waals surface area contributed by atoms with Crippen molar-refractivity contribution in [2.24, 2.45) is 0 Å². The molecule has 0 saturated carbocycles. The largest absolute Gasteiger partial charge is 0.389 e. The van der Waals surface area contributed by atoms with E-state index in [4.69, 9.17) is 4.74 Å². The maximum Gasteiger partial charge on any atom is 0.133 e. The first-order valence-electron chi connectivity index (χ1n) is 6.16. The lowest BCUT2D eigenvalue weighted by Gasteiger charge is -2.12. The Kier molecular flexibility index (Phi) is 6.38. The van der Waals surface area contributed by atoms with E-state index in [2.05, 4.69) is 27.5 Å². The van der Waals surface area contributed by atoms with Crippen molar-refractivity contribution in [3.8, 4) is 0 Å². The highest BCUT2D eigenvalue weighted by Gasteiger charge is 2.06. The van der Waals surface area contributed by atoms with Crippen molar-refractivity contribution in [2.75, 3.05) is 37.9 Å². The van der Waals surface area contributed by atoms with Gasteiger partial charge in [0.2, 0.25) is 0 Å². The van der Waals surface area contributed by atoms with Gasteiger partial charge in [-0.1, -0.05) is 6.92 Å². The summed E-state index contributed by atoms with van der Waals surface area (Å²) >= 11 is 0. The average Bonchev–Trinajstić information content (AvgIpc) is 2.37. The standard InChI is InChI=1S/C12H22N4O2/c1-4-5-10-15-11(13-2)6-12(16-10)14-7-9(17)8-18-3/h6,9,17H,4-5,7-8H2,1-3H3,(H2,13,14,15,16). The van der Waals surface area contributed by atoms with Gasteiger partial charge in [0, 0.05) is 33.2 Å². The molecule has 6 nitrogen and oxygen atoms in total. The molecule has 102 valence electrons. The number of aliphatic hydroxyl groups is 1. The lowest BCUT2D eigenvalue weighted by molar-refractivity contribution is 0.0727. The van der Waals surface area contributed by atoms with E-state index in [0.29, 0.717) is 19.0 Å². The van der Waals surface area contributed by atoms with Gasteiger partial charge in [-0.3, -0.25) is 0 Å². The Morgan fingerprint density at radius 2 is 2.11 bits per heavy atom. The van der Waals surface area contributed by atoms with Crippen LogP contribution in [0, 0.1) is 0 Å². The Hall–Kier alpha value is -1.40. The molecule has 0 bridgehead atoms. The summed E-state index contributed by atoms with van der Waals surface area (Å²) in [5, 5.41) is 15.6. The lowest BCUT2D eigenvalue weighted by atomic mass is 10.3. The second-order valence-corrected chi connectivity index (χ2v) is 4.04. The number of aryl methyl sites for hydroxylation is 1. The molecular weight excluding hydrogens is 232 g/mol. The van der Waals surface area contributed by atoms with Gasteiger partial charge in [-0.25, -0.2) is 9.97 Å². The van der Waals surface area contributed by atoms with Crippen LogP contribution in [0.25, 0.3) is 0 Å². The monoisotopic (exact) mass is 254 g/mol. The van der Waals surface area contributed by atoms with Crippen molar-refractivity contribution in [1.82, 2.24) is 9.97 Å². The minimum absolute atomic E-state index is 0.304. The van der Waals surface area contributed by atoms with Gasteiger partial charge in [-0.2, -0.15) is 0 Å². The van der Waals surface area contributed by atoms with Crippen LogP contribution < -0.4 is 10.6 Å². The van der Waals surface area contributed by atoms with Crippen molar-refractivity contribution in [2.45, 2.75) is 25.9 Å². The summed E-state index contributed by atoms with van der Waals surface area (Å²) in [6, 6.07) is 1.82. The summed E-state index contributed by atoms with van der Waals surface area (Å²) in [6.45, 7) is 2.79. The molecule has 0 aromatic carbocycles. The van der Waals surface area contributed by atoms with Gasteiger partial charge in [-0.15, -0.1) is 0 Å². The number of rotatable bonds is 8. The predicted octanol–water partition coefficient (Wildman–Crippen LogP) is 0.890. The van der Waals surface area contributed by atoms with Gasteiger partial charge in [0.25, 0.3) is 0 Å². The van der Waals surface area contributed by atoms with Crippen LogP contribution in [0.3, 0.4) is 0 Å². The van der Waals surface area contributed by atoms with Gasteiger partial charge in [-0.05, 0) is 6.42 Å². The van der Waals surface area contributed by atoms with Crippen LogP contribution in [0.5, 0.6) is 0 Å². The first kappa shape index (κ1) is 14.7. The summed E-state index contributed by atoms with van der Waals surface area (Å²) < 4.78 is 4.86. The van der Waals surface area contributed by atoms with E-state index in [0.717, 1.165) is 24.5 Å². The normalized spacial score (nSPS) is 12.2. The second-order valence-electron chi connectivity index (χ2n) is 4.04. The molecule has 0 aliphatic heterocycles. The van der Waals surface area contributed by atoms with Crippen molar-refractivity contribution in [1.29, 1.82) is 0 Å². The van der Waals surface area contributed by atoms with Gasteiger partial charge in [0.1, 0.15) is 17.5 Å². The fourth-order valence-electron chi connectivity index (χ4n) is 1.52. The molecule has 1 aromatic rings. The van der Waals surface area contributed by atoms with E-state index >= 15 is 0 Å². The third kappa shape index (κ3) is 4.85. The molecule has 1 rings (SSSR count). The SMILES string of the molecule is CCCc1nc(NC)cc(NCC(O)COC)n1. The molecule has 0 amide bonds. The van der Waals surface area contributed by atoms with Crippen LogP contribution in [0.2, 0.25) is 0 Å². The number of ether oxygens (including phenoxy) is 1. The number of nitrogens with one attached hydrogen (secondary N) is 2.